The van der Waals surface area contributed by atoms with Gasteiger partial charge in [0.25, 0.3) is 0 Å². The van der Waals surface area contributed by atoms with E-state index in [1.807, 2.05) is 66.7 Å². The van der Waals surface area contributed by atoms with E-state index in [4.69, 9.17) is 9.40 Å². The van der Waals surface area contributed by atoms with Crippen LogP contribution in [0.5, 0.6) is 5.75 Å². The molecule has 8 aromatic rings. The molecule has 3 heterocycles. The van der Waals surface area contributed by atoms with Gasteiger partial charge in [-0.05, 0) is 54.1 Å². The molecule has 2 N–H and O–H groups in total. The minimum atomic E-state index is 0. The Hall–Kier alpha value is -5.84. The first-order valence-corrected chi connectivity index (χ1v) is 16.7. The molecule has 0 fully saturated rings. The normalized spacial score (nSPS) is 12.4. The van der Waals surface area contributed by atoms with Crippen LogP contribution < -0.4 is 10.2 Å². The van der Waals surface area contributed by atoms with E-state index in [2.05, 4.69) is 113 Å². The van der Waals surface area contributed by atoms with Crippen molar-refractivity contribution in [3.8, 4) is 45.1 Å². The number of para-hydroxylation sites is 2. The molecule has 0 radical (unpaired) electrons. The second-order valence-electron chi connectivity index (χ2n) is 12.4. The van der Waals surface area contributed by atoms with E-state index < -0.39 is 0 Å². The third kappa shape index (κ3) is 5.92. The molecule has 0 saturated heterocycles. The molecular formula is C44H32N4O2Pt. The zero-order valence-corrected chi connectivity index (χ0v) is 29.7. The first-order chi connectivity index (χ1) is 24.7. The van der Waals surface area contributed by atoms with Gasteiger partial charge in [-0.25, -0.2) is 0 Å². The Morgan fingerprint density at radius 3 is 2.18 bits per heavy atom. The second-order valence-corrected chi connectivity index (χ2v) is 12.4. The molecule has 9 rings (SSSR count). The zero-order chi connectivity index (χ0) is 33.4. The van der Waals surface area contributed by atoms with Crippen molar-refractivity contribution < 1.29 is 30.6 Å². The van der Waals surface area contributed by atoms with Crippen molar-refractivity contribution in [1.82, 2.24) is 14.9 Å². The van der Waals surface area contributed by atoms with Gasteiger partial charge in [0.05, 0.1) is 17.2 Å². The number of aromatic hydroxyl groups is 1. The minimum Gasteiger partial charge on any atom is -0.521 e. The average molecular weight is 844 g/mol. The van der Waals surface area contributed by atoms with Crippen LogP contribution in [0.15, 0.2) is 157 Å². The molecule has 51 heavy (non-hydrogen) atoms. The van der Waals surface area contributed by atoms with Gasteiger partial charge < -0.3 is 24.3 Å². The predicted molar refractivity (Wildman–Crippen MR) is 201 cm³/mol. The number of hydrogen-bond donors (Lipinski definition) is 2. The molecule has 1 aliphatic heterocycles. The smallest absolute Gasteiger partial charge is 0.521 e. The molecule has 1 aliphatic rings. The van der Waals surface area contributed by atoms with Gasteiger partial charge in [0.2, 0.25) is 0 Å². The largest absolute Gasteiger partial charge is 2.00 e. The number of benzene rings is 6. The van der Waals surface area contributed by atoms with Crippen molar-refractivity contribution in [3.05, 3.63) is 176 Å². The minimum absolute atomic E-state index is 0. The predicted octanol–water partition coefficient (Wildman–Crippen LogP) is 10.1. The first-order valence-electron chi connectivity index (χ1n) is 16.7. The van der Waals surface area contributed by atoms with Gasteiger partial charge in [0, 0.05) is 34.3 Å². The maximum Gasteiger partial charge on any atom is 2.00 e. The van der Waals surface area contributed by atoms with E-state index in [0.717, 1.165) is 66.8 Å². The van der Waals surface area contributed by atoms with E-state index >= 15 is 0 Å². The van der Waals surface area contributed by atoms with Crippen LogP contribution in [0.4, 0.5) is 5.69 Å². The van der Waals surface area contributed by atoms with Gasteiger partial charge in [0.15, 0.2) is 5.58 Å². The van der Waals surface area contributed by atoms with E-state index in [9.17, 15) is 5.11 Å². The Bertz CT molecular complexity index is 2460. The van der Waals surface area contributed by atoms with Crippen molar-refractivity contribution in [1.29, 1.82) is 0 Å². The SMILES string of the molecule is Oc1c(CCc2[c-]c(-c3nccn3-c3c(-c4ccccc4)cccc3-c3ccccc3)ccc2)cc2c(oc3ccccc32)c1N1C=CN[CH-]1.[Pt+2]. The second kappa shape index (κ2) is 13.8. The van der Waals surface area contributed by atoms with E-state index in [0.29, 0.717) is 24.1 Å². The average Bonchev–Trinajstić information content (AvgIpc) is 3.96. The fourth-order valence-electron chi connectivity index (χ4n) is 7.00. The van der Waals surface area contributed by atoms with Crippen molar-refractivity contribution in [2.24, 2.45) is 0 Å². The van der Waals surface area contributed by atoms with Gasteiger partial charge >= 0.3 is 21.1 Å². The number of imidazole rings is 1. The van der Waals surface area contributed by atoms with Crippen molar-refractivity contribution in [2.75, 3.05) is 4.90 Å². The third-order valence-corrected chi connectivity index (χ3v) is 9.35. The number of nitrogens with zero attached hydrogens (tertiary/aromatic N) is 3. The third-order valence-electron chi connectivity index (χ3n) is 9.35. The van der Waals surface area contributed by atoms with Crippen LogP contribution in [0.2, 0.25) is 0 Å². The Morgan fingerprint density at radius 1 is 0.745 bits per heavy atom. The standard InChI is InChI=1S/C44H32N4O2.Pt/c49-42-33(28-38-37-17-7-8-20-39(37)50-43(38)41(42)47-25-23-45-29-47)22-21-30-11-9-16-34(27-30)44-46-24-26-48(44)40-35(31-12-3-1-4-13-31)18-10-19-36(40)32-14-5-2-6-15-32;/h1-20,23-26,28-29,45,49H,21-22H2;/q-2;+2. The molecule has 6 aromatic carbocycles. The summed E-state index contributed by atoms with van der Waals surface area (Å²) in [7, 11) is 0. The van der Waals surface area contributed by atoms with E-state index in [1.165, 1.54) is 0 Å². The molecular weight excluding hydrogens is 812 g/mol. The zero-order valence-electron chi connectivity index (χ0n) is 27.4. The van der Waals surface area contributed by atoms with Crippen LogP contribution in [-0.2, 0) is 33.9 Å². The van der Waals surface area contributed by atoms with Crippen LogP contribution in [0, 0.1) is 12.7 Å². The molecule has 0 unspecified atom stereocenters. The summed E-state index contributed by atoms with van der Waals surface area (Å²) in [6, 6.07) is 47.4. The summed E-state index contributed by atoms with van der Waals surface area (Å²) in [6.45, 7) is 1.81. The summed E-state index contributed by atoms with van der Waals surface area (Å²) in [5.41, 5.74) is 10.4. The Labute approximate surface area is 310 Å². The summed E-state index contributed by atoms with van der Waals surface area (Å²) >= 11 is 0. The molecule has 0 bridgehead atoms. The van der Waals surface area contributed by atoms with Crippen LogP contribution in [0.3, 0.4) is 0 Å². The monoisotopic (exact) mass is 843 g/mol. The summed E-state index contributed by atoms with van der Waals surface area (Å²) in [5, 5.41) is 16.7. The number of nitrogens with one attached hydrogen (secondary N) is 1. The summed E-state index contributed by atoms with van der Waals surface area (Å²) in [6.07, 6.45) is 8.89. The number of rotatable bonds is 8. The first kappa shape index (κ1) is 32.4. The molecule has 0 amide bonds. The van der Waals surface area contributed by atoms with Gasteiger partial charge in [0.1, 0.15) is 11.3 Å². The fourth-order valence-corrected chi connectivity index (χ4v) is 7.00. The molecule has 6 nitrogen and oxygen atoms in total. The van der Waals surface area contributed by atoms with Crippen LogP contribution in [0.1, 0.15) is 11.1 Å². The van der Waals surface area contributed by atoms with Crippen molar-refractivity contribution in [2.45, 2.75) is 12.8 Å². The van der Waals surface area contributed by atoms with Gasteiger partial charge in [-0.1, -0.05) is 97.1 Å². The number of phenols is 1. The Morgan fingerprint density at radius 2 is 1.45 bits per heavy atom. The summed E-state index contributed by atoms with van der Waals surface area (Å²) in [5.74, 6) is 1.02. The van der Waals surface area contributed by atoms with Crippen molar-refractivity contribution >= 4 is 27.6 Å². The number of aryl methyl sites for hydroxylation is 2. The number of anilines is 1. The number of phenolic OH excluding ortho intramolecular Hbond substituents is 1. The van der Waals surface area contributed by atoms with Crippen LogP contribution in [0.25, 0.3) is 61.3 Å². The maximum absolute atomic E-state index is 11.7. The van der Waals surface area contributed by atoms with Gasteiger partial charge in [-0.15, -0.1) is 35.4 Å². The molecule has 250 valence electrons. The molecule has 0 spiro atoms. The summed E-state index contributed by atoms with van der Waals surface area (Å²) < 4.78 is 8.46. The van der Waals surface area contributed by atoms with Gasteiger partial charge in [-0.3, -0.25) is 4.98 Å². The molecule has 0 aliphatic carbocycles. The fraction of sp³-hybridized carbons (Fsp3) is 0.0455. The number of hydrogen-bond acceptors (Lipinski definition) is 5. The quantitative estimate of drug-likeness (QED) is 0.149. The Kier molecular flexibility index (Phi) is 8.77. The number of fused-ring (bicyclic) bond motifs is 3. The van der Waals surface area contributed by atoms with E-state index in [1.54, 1.807) is 0 Å². The molecule has 2 aromatic heterocycles. The molecule has 0 atom stereocenters. The number of furan rings is 1. The van der Waals surface area contributed by atoms with Crippen LogP contribution >= 0.6 is 0 Å². The Balaban J connectivity index is 0.00000374. The maximum atomic E-state index is 11.7. The topological polar surface area (TPSA) is 66.5 Å². The summed E-state index contributed by atoms with van der Waals surface area (Å²) in [4.78, 5) is 6.75. The number of aromatic nitrogens is 2. The van der Waals surface area contributed by atoms with Crippen LogP contribution in [-0.4, -0.2) is 14.7 Å². The van der Waals surface area contributed by atoms with E-state index in [-0.39, 0.29) is 26.8 Å². The van der Waals surface area contributed by atoms with Crippen molar-refractivity contribution in [3.63, 3.8) is 0 Å². The van der Waals surface area contributed by atoms with Gasteiger partial charge in [-0.2, -0.15) is 6.67 Å². The molecule has 7 heteroatoms. The molecule has 0 saturated carbocycles.